The fourth-order valence-electron chi connectivity index (χ4n) is 1.60. The topological polar surface area (TPSA) is 68.3 Å². The number of carboxylic acids is 1. The minimum atomic E-state index is -0.846. The van der Waals surface area contributed by atoms with E-state index in [4.69, 9.17) is 9.52 Å². The second-order valence-corrected chi connectivity index (χ2v) is 4.91. The van der Waals surface area contributed by atoms with Crippen molar-refractivity contribution in [3.8, 4) is 0 Å². The van der Waals surface area contributed by atoms with Crippen LogP contribution in [0.25, 0.3) is 0 Å². The quantitative estimate of drug-likeness (QED) is 0.841. The average Bonchev–Trinajstić information content (AvgIpc) is 2.85. The third kappa shape index (κ3) is 2.95. The van der Waals surface area contributed by atoms with Crippen LogP contribution in [-0.2, 0) is 11.3 Å². The molecule has 1 N–H and O–H groups in total. The summed E-state index contributed by atoms with van der Waals surface area (Å²) in [5, 5.41) is 9.39. The fourth-order valence-corrected chi connectivity index (χ4v) is 2.34. The summed E-state index contributed by atoms with van der Waals surface area (Å²) in [4.78, 5) is 14.8. The Morgan fingerprint density at radius 2 is 2.28 bits per heavy atom. The molecule has 0 aromatic carbocycles. The predicted molar refractivity (Wildman–Crippen MR) is 67.9 cm³/mol. The number of rotatable bonds is 5. The van der Waals surface area contributed by atoms with Crippen LogP contribution in [0.5, 0.6) is 0 Å². The zero-order valence-corrected chi connectivity index (χ0v) is 11.0. The Kier molecular flexibility index (Phi) is 3.76. The van der Waals surface area contributed by atoms with Crippen LogP contribution in [0.3, 0.4) is 0 Å². The third-order valence-corrected chi connectivity index (χ3v) is 3.43. The molecule has 0 radical (unpaired) electrons. The van der Waals surface area contributed by atoms with Gasteiger partial charge in [-0.1, -0.05) is 11.8 Å². The molecule has 2 rings (SSSR count). The van der Waals surface area contributed by atoms with Gasteiger partial charge in [0.1, 0.15) is 11.5 Å². The molecule has 0 spiro atoms. The summed E-state index contributed by atoms with van der Waals surface area (Å²) in [5.74, 6) is 0.863. The van der Waals surface area contributed by atoms with Gasteiger partial charge in [0.2, 0.25) is 0 Å². The minimum Gasteiger partial charge on any atom is -0.481 e. The van der Waals surface area contributed by atoms with E-state index in [1.165, 1.54) is 11.8 Å². The van der Waals surface area contributed by atoms with Crippen LogP contribution in [0.2, 0.25) is 0 Å². The number of aryl methyl sites for hydroxylation is 2. The Morgan fingerprint density at radius 1 is 1.50 bits per heavy atom. The van der Waals surface area contributed by atoms with E-state index in [2.05, 4.69) is 4.98 Å². The molecule has 0 fully saturated rings. The Balaban J connectivity index is 2.16. The van der Waals surface area contributed by atoms with Crippen molar-refractivity contribution in [2.75, 3.05) is 5.75 Å². The van der Waals surface area contributed by atoms with Gasteiger partial charge in [-0.25, -0.2) is 4.98 Å². The molecule has 0 aliphatic heterocycles. The molecule has 0 atom stereocenters. The maximum absolute atomic E-state index is 10.6. The largest absolute Gasteiger partial charge is 0.481 e. The zero-order chi connectivity index (χ0) is 13.1. The van der Waals surface area contributed by atoms with E-state index >= 15 is 0 Å². The number of hydrogen-bond donors (Lipinski definition) is 1. The van der Waals surface area contributed by atoms with Crippen LogP contribution in [0.1, 0.15) is 17.2 Å². The molecule has 2 aromatic rings. The lowest BCUT2D eigenvalue weighted by Crippen LogP contribution is -2.05. The normalized spacial score (nSPS) is 10.8. The van der Waals surface area contributed by atoms with Gasteiger partial charge in [-0.2, -0.15) is 0 Å². The number of carboxylic acid groups (broad SMARTS) is 1. The van der Waals surface area contributed by atoms with Crippen LogP contribution in [-0.4, -0.2) is 26.4 Å². The van der Waals surface area contributed by atoms with Crippen molar-refractivity contribution >= 4 is 17.7 Å². The summed E-state index contributed by atoms with van der Waals surface area (Å²) in [6.45, 7) is 4.40. The van der Waals surface area contributed by atoms with Gasteiger partial charge < -0.3 is 14.1 Å². The van der Waals surface area contributed by atoms with Crippen molar-refractivity contribution in [1.82, 2.24) is 9.55 Å². The van der Waals surface area contributed by atoms with E-state index in [9.17, 15) is 4.79 Å². The maximum Gasteiger partial charge on any atom is 0.313 e. The Morgan fingerprint density at radius 3 is 2.89 bits per heavy atom. The number of thioether (sulfide) groups is 1. The minimum absolute atomic E-state index is 0.00758. The number of aromatic nitrogens is 2. The maximum atomic E-state index is 10.6. The highest BCUT2D eigenvalue weighted by Crippen LogP contribution is 2.20. The van der Waals surface area contributed by atoms with Gasteiger partial charge in [-0.05, 0) is 26.0 Å². The lowest BCUT2D eigenvalue weighted by Gasteiger charge is -2.07. The molecule has 0 aliphatic rings. The molecule has 0 bridgehead atoms. The van der Waals surface area contributed by atoms with Gasteiger partial charge in [0, 0.05) is 11.9 Å². The summed E-state index contributed by atoms with van der Waals surface area (Å²) < 4.78 is 7.47. The molecule has 0 saturated heterocycles. The molecule has 0 saturated carbocycles. The summed E-state index contributed by atoms with van der Waals surface area (Å²) >= 11 is 1.21. The number of furan rings is 1. The van der Waals surface area contributed by atoms with Crippen molar-refractivity contribution in [1.29, 1.82) is 0 Å². The van der Waals surface area contributed by atoms with Gasteiger partial charge in [-0.3, -0.25) is 4.79 Å². The van der Waals surface area contributed by atoms with E-state index in [1.807, 2.05) is 30.5 Å². The first kappa shape index (κ1) is 12.8. The van der Waals surface area contributed by atoms with Gasteiger partial charge in [0.15, 0.2) is 5.16 Å². The van der Waals surface area contributed by atoms with Crippen LogP contribution < -0.4 is 0 Å². The second kappa shape index (κ2) is 5.30. The zero-order valence-electron chi connectivity index (χ0n) is 10.2. The SMILES string of the molecule is Cc1ccc(Cn2c(C)cnc2SCC(=O)O)o1. The first-order valence-corrected chi connectivity index (χ1v) is 6.47. The van der Waals surface area contributed by atoms with E-state index in [1.54, 1.807) is 6.20 Å². The van der Waals surface area contributed by atoms with E-state index in [-0.39, 0.29) is 5.75 Å². The molecular formula is C12H14N2O3S. The Labute approximate surface area is 109 Å². The highest BCUT2D eigenvalue weighted by molar-refractivity contribution is 7.99. The van der Waals surface area contributed by atoms with Gasteiger partial charge in [0.25, 0.3) is 0 Å². The molecule has 96 valence electrons. The highest BCUT2D eigenvalue weighted by atomic mass is 32.2. The van der Waals surface area contributed by atoms with E-state index < -0.39 is 5.97 Å². The molecule has 0 unspecified atom stereocenters. The lowest BCUT2D eigenvalue weighted by atomic mass is 10.4. The van der Waals surface area contributed by atoms with Crippen molar-refractivity contribution in [3.63, 3.8) is 0 Å². The Hall–Kier alpha value is -1.69. The molecule has 0 amide bonds. The van der Waals surface area contributed by atoms with E-state index in [0.717, 1.165) is 17.2 Å². The summed E-state index contributed by atoms with van der Waals surface area (Å²) in [6, 6.07) is 3.83. The molecule has 5 nitrogen and oxygen atoms in total. The second-order valence-electron chi connectivity index (χ2n) is 3.96. The summed E-state index contributed by atoms with van der Waals surface area (Å²) in [7, 11) is 0. The van der Waals surface area contributed by atoms with Crippen molar-refractivity contribution in [2.24, 2.45) is 0 Å². The first-order valence-electron chi connectivity index (χ1n) is 5.48. The fraction of sp³-hybridized carbons (Fsp3) is 0.333. The number of nitrogens with zero attached hydrogens (tertiary/aromatic N) is 2. The summed E-state index contributed by atoms with van der Waals surface area (Å²) in [6.07, 6.45) is 1.74. The van der Waals surface area contributed by atoms with Crippen LogP contribution in [0.15, 0.2) is 27.9 Å². The Bertz CT molecular complexity index is 559. The smallest absolute Gasteiger partial charge is 0.313 e. The predicted octanol–water partition coefficient (Wildman–Crippen LogP) is 2.32. The first-order chi connectivity index (χ1) is 8.56. The monoisotopic (exact) mass is 266 g/mol. The third-order valence-electron chi connectivity index (χ3n) is 2.45. The lowest BCUT2D eigenvalue weighted by molar-refractivity contribution is -0.133. The van der Waals surface area contributed by atoms with Gasteiger partial charge in [0.05, 0.1) is 12.3 Å². The molecule has 18 heavy (non-hydrogen) atoms. The van der Waals surface area contributed by atoms with Crippen molar-refractivity contribution < 1.29 is 14.3 Å². The van der Waals surface area contributed by atoms with E-state index in [0.29, 0.717) is 11.7 Å². The number of carbonyl (C=O) groups is 1. The number of hydrogen-bond acceptors (Lipinski definition) is 4. The molecular weight excluding hydrogens is 252 g/mol. The van der Waals surface area contributed by atoms with Crippen LogP contribution in [0.4, 0.5) is 0 Å². The van der Waals surface area contributed by atoms with Crippen molar-refractivity contribution in [3.05, 3.63) is 35.5 Å². The highest BCUT2D eigenvalue weighted by Gasteiger charge is 2.11. The molecule has 2 heterocycles. The standard InChI is InChI=1S/C12H14N2O3S/c1-8-5-13-12(18-7-11(15)16)14(8)6-10-4-3-9(2)17-10/h3-5H,6-7H2,1-2H3,(H,15,16). The van der Waals surface area contributed by atoms with Gasteiger partial charge >= 0.3 is 5.97 Å². The summed E-state index contributed by atoms with van der Waals surface area (Å²) in [5.41, 5.74) is 0.983. The average molecular weight is 266 g/mol. The van der Waals surface area contributed by atoms with Gasteiger partial charge in [-0.15, -0.1) is 0 Å². The number of imidazole rings is 1. The molecule has 0 aliphatic carbocycles. The molecule has 2 aromatic heterocycles. The van der Waals surface area contributed by atoms with Crippen LogP contribution in [0, 0.1) is 13.8 Å². The van der Waals surface area contributed by atoms with Crippen molar-refractivity contribution in [2.45, 2.75) is 25.5 Å². The molecule has 6 heteroatoms. The van der Waals surface area contributed by atoms with Crippen LogP contribution >= 0.6 is 11.8 Å². The number of aliphatic carboxylic acids is 1.